The van der Waals surface area contributed by atoms with Gasteiger partial charge in [-0.25, -0.2) is 0 Å². The van der Waals surface area contributed by atoms with Crippen molar-refractivity contribution in [1.29, 1.82) is 0 Å². The van der Waals surface area contributed by atoms with E-state index >= 15 is 0 Å². The van der Waals surface area contributed by atoms with E-state index in [1.165, 1.54) is 11.1 Å². The van der Waals surface area contributed by atoms with Crippen LogP contribution < -0.4 is 0 Å². The number of hydrogen-bond donors (Lipinski definition) is 1. The SMILES string of the molecule is CC(C)(C)c1cccc(C(O)c2ccccc2)c1C(C)(C)C. The van der Waals surface area contributed by atoms with E-state index in [2.05, 4.69) is 59.7 Å². The monoisotopic (exact) mass is 296 g/mol. The lowest BCUT2D eigenvalue weighted by Crippen LogP contribution is -2.25. The van der Waals surface area contributed by atoms with Crippen LogP contribution in [-0.2, 0) is 10.8 Å². The molecule has 2 aromatic carbocycles. The topological polar surface area (TPSA) is 20.2 Å². The maximum absolute atomic E-state index is 10.9. The lowest BCUT2D eigenvalue weighted by molar-refractivity contribution is 0.217. The van der Waals surface area contributed by atoms with Crippen LogP contribution in [0.3, 0.4) is 0 Å². The third kappa shape index (κ3) is 3.41. The van der Waals surface area contributed by atoms with Gasteiger partial charge in [-0.2, -0.15) is 0 Å². The highest BCUT2D eigenvalue weighted by molar-refractivity contribution is 5.47. The molecule has 0 saturated carbocycles. The summed E-state index contributed by atoms with van der Waals surface area (Å²) in [6.45, 7) is 13.4. The number of hydrogen-bond acceptors (Lipinski definition) is 1. The maximum atomic E-state index is 10.9. The average Bonchev–Trinajstić information content (AvgIpc) is 2.45. The van der Waals surface area contributed by atoms with Gasteiger partial charge in [0.1, 0.15) is 6.10 Å². The van der Waals surface area contributed by atoms with E-state index in [1.54, 1.807) is 0 Å². The van der Waals surface area contributed by atoms with Gasteiger partial charge in [-0.1, -0.05) is 90.1 Å². The maximum Gasteiger partial charge on any atom is 0.104 e. The number of aliphatic hydroxyl groups is 1. The van der Waals surface area contributed by atoms with Gasteiger partial charge in [-0.3, -0.25) is 0 Å². The minimum absolute atomic E-state index is 0.0189. The molecule has 2 rings (SSSR count). The van der Waals surface area contributed by atoms with Crippen molar-refractivity contribution in [2.75, 3.05) is 0 Å². The summed E-state index contributed by atoms with van der Waals surface area (Å²) >= 11 is 0. The smallest absolute Gasteiger partial charge is 0.104 e. The lowest BCUT2D eigenvalue weighted by atomic mass is 9.72. The molecular weight excluding hydrogens is 268 g/mol. The van der Waals surface area contributed by atoms with E-state index in [1.807, 2.05) is 30.3 Å². The number of benzene rings is 2. The van der Waals surface area contributed by atoms with Crippen molar-refractivity contribution in [3.8, 4) is 0 Å². The fourth-order valence-electron chi connectivity index (χ4n) is 3.07. The quantitative estimate of drug-likeness (QED) is 0.790. The summed E-state index contributed by atoms with van der Waals surface area (Å²) in [5, 5.41) is 10.9. The highest BCUT2D eigenvalue weighted by Gasteiger charge is 2.29. The number of rotatable bonds is 2. The van der Waals surface area contributed by atoms with Crippen LogP contribution in [-0.4, -0.2) is 5.11 Å². The Hall–Kier alpha value is -1.60. The Balaban J connectivity index is 2.67. The van der Waals surface area contributed by atoms with E-state index in [4.69, 9.17) is 0 Å². The van der Waals surface area contributed by atoms with Gasteiger partial charge in [0.05, 0.1) is 0 Å². The molecule has 1 N–H and O–H groups in total. The van der Waals surface area contributed by atoms with Crippen LogP contribution in [0.5, 0.6) is 0 Å². The fraction of sp³-hybridized carbons (Fsp3) is 0.429. The summed E-state index contributed by atoms with van der Waals surface area (Å²) in [7, 11) is 0. The molecule has 2 aromatic rings. The molecule has 0 aromatic heterocycles. The van der Waals surface area contributed by atoms with Gasteiger partial charge in [0.2, 0.25) is 0 Å². The molecule has 1 heteroatoms. The molecule has 0 spiro atoms. The summed E-state index contributed by atoms with van der Waals surface area (Å²) in [5.41, 5.74) is 4.57. The number of aliphatic hydroxyl groups excluding tert-OH is 1. The Labute approximate surface area is 135 Å². The van der Waals surface area contributed by atoms with Crippen LogP contribution in [0.4, 0.5) is 0 Å². The van der Waals surface area contributed by atoms with E-state index in [0.29, 0.717) is 0 Å². The van der Waals surface area contributed by atoms with Gasteiger partial charge in [-0.15, -0.1) is 0 Å². The Bertz CT molecular complexity index is 627. The first-order valence-corrected chi connectivity index (χ1v) is 7.99. The van der Waals surface area contributed by atoms with Gasteiger partial charge in [-0.05, 0) is 33.1 Å². The fourth-order valence-corrected chi connectivity index (χ4v) is 3.07. The van der Waals surface area contributed by atoms with Crippen molar-refractivity contribution in [3.63, 3.8) is 0 Å². The van der Waals surface area contributed by atoms with Crippen molar-refractivity contribution in [2.45, 2.75) is 58.5 Å². The van der Waals surface area contributed by atoms with Crippen LogP contribution >= 0.6 is 0 Å². The Morgan fingerprint density at radius 3 is 1.82 bits per heavy atom. The summed E-state index contributed by atoms with van der Waals surface area (Å²) in [6.07, 6.45) is -0.585. The minimum atomic E-state index is -0.585. The normalized spacial score (nSPS) is 14.0. The largest absolute Gasteiger partial charge is 0.384 e. The first kappa shape index (κ1) is 16.8. The highest BCUT2D eigenvalue weighted by atomic mass is 16.3. The van der Waals surface area contributed by atoms with Crippen LogP contribution in [0.15, 0.2) is 48.5 Å². The molecule has 0 aliphatic carbocycles. The molecule has 1 atom stereocenters. The van der Waals surface area contributed by atoms with E-state index in [9.17, 15) is 5.11 Å². The molecule has 0 heterocycles. The predicted molar refractivity (Wildman–Crippen MR) is 94.3 cm³/mol. The second-order valence-electron chi connectivity index (χ2n) is 8.08. The van der Waals surface area contributed by atoms with Gasteiger partial charge in [0.15, 0.2) is 0 Å². The Kier molecular flexibility index (Phi) is 4.49. The van der Waals surface area contributed by atoms with E-state index in [0.717, 1.165) is 11.1 Å². The summed E-state index contributed by atoms with van der Waals surface area (Å²) in [4.78, 5) is 0. The molecule has 22 heavy (non-hydrogen) atoms. The summed E-state index contributed by atoms with van der Waals surface area (Å²) < 4.78 is 0. The average molecular weight is 296 g/mol. The van der Waals surface area contributed by atoms with Gasteiger partial charge in [0.25, 0.3) is 0 Å². The molecule has 118 valence electrons. The molecule has 0 aliphatic rings. The second-order valence-corrected chi connectivity index (χ2v) is 8.08. The van der Waals surface area contributed by atoms with Gasteiger partial charge >= 0.3 is 0 Å². The van der Waals surface area contributed by atoms with Gasteiger partial charge < -0.3 is 5.11 Å². The molecule has 0 amide bonds. The van der Waals surface area contributed by atoms with Crippen LogP contribution in [0.1, 0.15) is 69.9 Å². The van der Waals surface area contributed by atoms with Crippen LogP contribution in [0.2, 0.25) is 0 Å². The van der Waals surface area contributed by atoms with E-state index < -0.39 is 6.10 Å². The zero-order valence-corrected chi connectivity index (χ0v) is 14.6. The predicted octanol–water partition coefficient (Wildman–Crippen LogP) is 5.36. The summed E-state index contributed by atoms with van der Waals surface area (Å²) in [6, 6.07) is 16.2. The minimum Gasteiger partial charge on any atom is -0.384 e. The highest BCUT2D eigenvalue weighted by Crippen LogP contribution is 2.39. The third-order valence-electron chi connectivity index (χ3n) is 4.06. The summed E-state index contributed by atoms with van der Waals surface area (Å²) in [5.74, 6) is 0. The first-order chi connectivity index (χ1) is 10.1. The van der Waals surface area contributed by atoms with Crippen molar-refractivity contribution in [3.05, 3.63) is 70.8 Å². The first-order valence-electron chi connectivity index (χ1n) is 7.99. The molecule has 0 saturated heterocycles. The third-order valence-corrected chi connectivity index (χ3v) is 4.06. The Morgan fingerprint density at radius 1 is 0.727 bits per heavy atom. The van der Waals surface area contributed by atoms with Crippen molar-refractivity contribution in [1.82, 2.24) is 0 Å². The van der Waals surface area contributed by atoms with Crippen molar-refractivity contribution >= 4 is 0 Å². The Morgan fingerprint density at radius 2 is 1.32 bits per heavy atom. The standard InChI is InChI=1S/C21H28O/c1-20(2,3)17-14-10-13-16(18(17)21(4,5)6)19(22)15-11-8-7-9-12-15/h7-14,19,22H,1-6H3. The molecular formula is C21H28O. The lowest BCUT2D eigenvalue weighted by Gasteiger charge is -2.33. The van der Waals surface area contributed by atoms with Gasteiger partial charge in [0, 0.05) is 0 Å². The molecule has 0 aliphatic heterocycles. The zero-order valence-electron chi connectivity index (χ0n) is 14.6. The molecule has 0 fully saturated rings. The molecule has 0 radical (unpaired) electrons. The molecule has 1 unspecified atom stereocenters. The van der Waals surface area contributed by atoms with Crippen molar-refractivity contribution < 1.29 is 5.11 Å². The van der Waals surface area contributed by atoms with Crippen LogP contribution in [0.25, 0.3) is 0 Å². The van der Waals surface area contributed by atoms with E-state index in [-0.39, 0.29) is 10.8 Å². The van der Waals surface area contributed by atoms with Crippen LogP contribution in [0, 0.1) is 0 Å². The van der Waals surface area contributed by atoms with Crippen molar-refractivity contribution in [2.24, 2.45) is 0 Å². The second kappa shape index (κ2) is 5.89. The molecule has 0 bridgehead atoms. The molecule has 1 nitrogen and oxygen atoms in total. The zero-order chi connectivity index (χ0) is 16.5.